The summed E-state index contributed by atoms with van der Waals surface area (Å²) in [6, 6.07) is 9.45. The van der Waals surface area contributed by atoms with Crippen molar-refractivity contribution in [2.24, 2.45) is 0 Å². The second-order valence-corrected chi connectivity index (χ2v) is 6.22. The highest BCUT2D eigenvalue weighted by Crippen LogP contribution is 2.25. The Morgan fingerprint density at radius 3 is 2.77 bits per heavy atom. The van der Waals surface area contributed by atoms with Gasteiger partial charge in [0.05, 0.1) is 11.7 Å². The molecule has 0 radical (unpaired) electrons. The summed E-state index contributed by atoms with van der Waals surface area (Å²) in [5, 5.41) is 16.2. The lowest BCUT2D eigenvalue weighted by molar-refractivity contribution is 0.249. The number of amides is 2. The minimum absolute atomic E-state index is 0.185. The lowest BCUT2D eigenvalue weighted by atomic mass is 10.2. The molecule has 6 nitrogen and oxygen atoms in total. The summed E-state index contributed by atoms with van der Waals surface area (Å²) in [6.07, 6.45) is 0. The van der Waals surface area contributed by atoms with E-state index >= 15 is 0 Å². The summed E-state index contributed by atoms with van der Waals surface area (Å²) in [7, 11) is 0. The fourth-order valence-corrected chi connectivity index (χ4v) is 3.12. The van der Waals surface area contributed by atoms with Gasteiger partial charge >= 0.3 is 6.03 Å². The number of aromatic nitrogens is 3. The van der Waals surface area contributed by atoms with E-state index in [1.165, 1.54) is 22.7 Å². The third kappa shape index (κ3) is 3.46. The van der Waals surface area contributed by atoms with E-state index in [9.17, 15) is 4.79 Å². The molecule has 0 aliphatic rings. The van der Waals surface area contributed by atoms with E-state index < -0.39 is 0 Å². The van der Waals surface area contributed by atoms with Crippen molar-refractivity contribution in [3.05, 3.63) is 46.2 Å². The van der Waals surface area contributed by atoms with Crippen molar-refractivity contribution in [1.82, 2.24) is 20.5 Å². The van der Waals surface area contributed by atoms with Gasteiger partial charge in [-0.25, -0.2) is 9.78 Å². The van der Waals surface area contributed by atoms with Gasteiger partial charge in [0.2, 0.25) is 5.13 Å². The fourth-order valence-electron chi connectivity index (χ4n) is 1.85. The summed E-state index contributed by atoms with van der Waals surface area (Å²) in [5.41, 5.74) is 3.54. The molecule has 0 saturated carbocycles. The third-order valence-electron chi connectivity index (χ3n) is 2.89. The van der Waals surface area contributed by atoms with Crippen LogP contribution in [-0.4, -0.2) is 21.2 Å². The molecule has 0 fully saturated rings. The largest absolute Gasteiger partial charge is 0.329 e. The zero-order chi connectivity index (χ0) is 15.4. The number of carbonyl (C=O) groups is 1. The van der Waals surface area contributed by atoms with Crippen molar-refractivity contribution in [2.45, 2.75) is 13.0 Å². The Balaban J connectivity index is 1.64. The molecular weight excluding hydrogens is 318 g/mol. The lowest BCUT2D eigenvalue weighted by Crippen LogP contribution is -2.31. The number of anilines is 1. The van der Waals surface area contributed by atoms with Crippen LogP contribution in [-0.2, 0) is 0 Å². The van der Waals surface area contributed by atoms with Crippen molar-refractivity contribution in [3.63, 3.8) is 0 Å². The predicted molar refractivity (Wildman–Crippen MR) is 88.0 cm³/mol. The Kier molecular flexibility index (Phi) is 4.40. The molecule has 0 spiro atoms. The van der Waals surface area contributed by atoms with Crippen LogP contribution in [0.5, 0.6) is 0 Å². The zero-order valence-electron chi connectivity index (χ0n) is 11.7. The smallest absolute Gasteiger partial charge is 0.321 e. The summed E-state index contributed by atoms with van der Waals surface area (Å²) in [6.45, 7) is 1.90. The maximum absolute atomic E-state index is 11.9. The molecule has 3 rings (SSSR count). The fraction of sp³-hybridized carbons (Fsp3) is 0.143. The lowest BCUT2D eigenvalue weighted by Gasteiger charge is -2.10. The van der Waals surface area contributed by atoms with E-state index in [2.05, 4.69) is 25.8 Å². The molecule has 3 aromatic rings. The molecule has 112 valence electrons. The van der Waals surface area contributed by atoms with Crippen molar-refractivity contribution in [1.29, 1.82) is 0 Å². The number of nitrogens with one attached hydrogen (secondary N) is 2. The Morgan fingerprint density at radius 1 is 1.23 bits per heavy atom. The topological polar surface area (TPSA) is 79.8 Å². The van der Waals surface area contributed by atoms with Crippen LogP contribution in [0.1, 0.15) is 18.0 Å². The number of thiazole rings is 1. The first-order chi connectivity index (χ1) is 10.7. The number of benzene rings is 1. The zero-order valence-corrected chi connectivity index (χ0v) is 13.3. The summed E-state index contributed by atoms with van der Waals surface area (Å²) >= 11 is 2.79. The first-order valence-electron chi connectivity index (χ1n) is 6.57. The van der Waals surface area contributed by atoms with E-state index in [-0.39, 0.29) is 12.1 Å². The van der Waals surface area contributed by atoms with Gasteiger partial charge in [0.1, 0.15) is 10.5 Å². The summed E-state index contributed by atoms with van der Waals surface area (Å²) < 4.78 is 0. The third-order valence-corrected chi connectivity index (χ3v) is 4.52. The minimum atomic E-state index is -0.319. The first-order valence-corrected chi connectivity index (χ1v) is 8.33. The molecule has 0 aliphatic carbocycles. The highest BCUT2D eigenvalue weighted by Gasteiger charge is 2.14. The molecule has 0 bridgehead atoms. The van der Waals surface area contributed by atoms with Gasteiger partial charge in [-0.3, -0.25) is 5.32 Å². The van der Waals surface area contributed by atoms with E-state index in [4.69, 9.17) is 0 Å². The average Bonchev–Trinajstić information content (AvgIpc) is 3.19. The first kappa shape index (κ1) is 14.6. The summed E-state index contributed by atoms with van der Waals surface area (Å²) in [5.74, 6) is 0. The molecule has 8 heteroatoms. The number of hydrogen-bond acceptors (Lipinski definition) is 6. The number of hydrogen-bond donors (Lipinski definition) is 2. The van der Waals surface area contributed by atoms with E-state index in [0.717, 1.165) is 16.3 Å². The Morgan fingerprint density at radius 2 is 2.05 bits per heavy atom. The van der Waals surface area contributed by atoms with Crippen molar-refractivity contribution in [3.8, 4) is 11.3 Å². The Labute approximate surface area is 135 Å². The van der Waals surface area contributed by atoms with Gasteiger partial charge < -0.3 is 5.32 Å². The van der Waals surface area contributed by atoms with Gasteiger partial charge in [0.15, 0.2) is 0 Å². The van der Waals surface area contributed by atoms with Crippen LogP contribution < -0.4 is 10.6 Å². The van der Waals surface area contributed by atoms with Gasteiger partial charge in [0.25, 0.3) is 0 Å². The van der Waals surface area contributed by atoms with Crippen LogP contribution in [0.25, 0.3) is 11.3 Å². The number of urea groups is 1. The Bertz CT molecular complexity index is 742. The molecule has 1 atom stereocenters. The normalized spacial score (nSPS) is 11.9. The average molecular weight is 331 g/mol. The molecule has 1 aromatic carbocycles. The Hall–Kier alpha value is -2.32. The van der Waals surface area contributed by atoms with Crippen LogP contribution in [0.2, 0.25) is 0 Å². The van der Waals surface area contributed by atoms with Crippen LogP contribution in [0.4, 0.5) is 9.93 Å². The van der Waals surface area contributed by atoms with Crippen LogP contribution in [0.3, 0.4) is 0 Å². The molecule has 2 aromatic heterocycles. The monoisotopic (exact) mass is 331 g/mol. The maximum Gasteiger partial charge on any atom is 0.321 e. The summed E-state index contributed by atoms with van der Waals surface area (Å²) in [4.78, 5) is 16.4. The van der Waals surface area contributed by atoms with Crippen molar-refractivity contribution >= 4 is 33.8 Å². The highest BCUT2D eigenvalue weighted by molar-refractivity contribution is 7.13. The maximum atomic E-state index is 11.9. The quantitative estimate of drug-likeness (QED) is 0.766. The minimum Gasteiger partial charge on any atom is -0.329 e. The molecule has 22 heavy (non-hydrogen) atoms. The van der Waals surface area contributed by atoms with Crippen LogP contribution >= 0.6 is 22.7 Å². The molecular formula is C14H13N5OS2. The molecule has 0 saturated heterocycles. The molecule has 0 aliphatic heterocycles. The van der Waals surface area contributed by atoms with Gasteiger partial charge in [0, 0.05) is 10.9 Å². The second kappa shape index (κ2) is 6.63. The molecule has 0 unspecified atom stereocenters. The van der Waals surface area contributed by atoms with E-state index in [1.54, 1.807) is 5.51 Å². The molecule has 2 amide bonds. The highest BCUT2D eigenvalue weighted by atomic mass is 32.1. The van der Waals surface area contributed by atoms with E-state index in [1.807, 2.05) is 42.6 Å². The van der Waals surface area contributed by atoms with Crippen molar-refractivity contribution in [2.75, 3.05) is 5.32 Å². The van der Waals surface area contributed by atoms with E-state index in [0.29, 0.717) is 5.13 Å². The molecule has 2 heterocycles. The standard InChI is InChI=1S/C14H13N5OS2/c1-9(16-13(20)18-14-19-15-8-22-14)12-17-11(7-21-12)10-5-3-2-4-6-10/h2-9H,1H3,(H2,16,18,19,20)/t9-/m0/s1. The second-order valence-electron chi connectivity index (χ2n) is 4.50. The number of carbonyl (C=O) groups excluding carboxylic acids is 1. The van der Waals surface area contributed by atoms with Gasteiger partial charge in [-0.2, -0.15) is 0 Å². The van der Waals surface area contributed by atoms with Gasteiger partial charge in [-0.05, 0) is 6.92 Å². The number of nitrogens with zero attached hydrogens (tertiary/aromatic N) is 3. The number of rotatable bonds is 4. The van der Waals surface area contributed by atoms with Gasteiger partial charge in [-0.15, -0.1) is 21.5 Å². The molecule has 2 N–H and O–H groups in total. The van der Waals surface area contributed by atoms with Gasteiger partial charge in [-0.1, -0.05) is 41.7 Å². The van der Waals surface area contributed by atoms with Crippen molar-refractivity contribution < 1.29 is 4.79 Å². The predicted octanol–water partition coefficient (Wildman–Crippen LogP) is 3.54. The van der Waals surface area contributed by atoms with Crippen LogP contribution in [0, 0.1) is 0 Å². The SMILES string of the molecule is C[C@H](NC(=O)Nc1nncs1)c1nc(-c2ccccc2)cs1. The van der Waals surface area contributed by atoms with Crippen LogP contribution in [0.15, 0.2) is 41.2 Å².